The molecule has 3 atom stereocenters. The van der Waals surface area contributed by atoms with Crippen LogP contribution in [-0.4, -0.2) is 104 Å². The molecule has 0 unspecified atom stereocenters. The van der Waals surface area contributed by atoms with Gasteiger partial charge in [0, 0.05) is 32.5 Å². The van der Waals surface area contributed by atoms with Crippen LogP contribution in [0.5, 0.6) is 0 Å². The molecule has 0 spiro atoms. The maximum Gasteiger partial charge on any atom is 0.246 e. The lowest BCUT2D eigenvalue weighted by Gasteiger charge is -2.35. The van der Waals surface area contributed by atoms with Crippen molar-refractivity contribution in [3.05, 3.63) is 41.0 Å². The number of thiazole rings is 1. The van der Waals surface area contributed by atoms with E-state index < -0.39 is 29.5 Å². The predicted molar refractivity (Wildman–Crippen MR) is 168 cm³/mol. The number of ether oxygens (including phenoxy) is 3. The predicted octanol–water partition coefficient (Wildman–Crippen LogP) is 1.63. The number of aliphatic hydroxyl groups excluding tert-OH is 1. The van der Waals surface area contributed by atoms with Gasteiger partial charge in [-0.2, -0.15) is 0 Å². The standard InChI is InChI=1S/C31H47N5O7S/c1-21-27(44-20-34-21)23-7-5-22(6-8-23)18-33-29(39)25-17-24(37)19-36(25)30(40)28(31(2,3)4)35-26(38)9-11-41-13-15-43-16-14-42-12-10-32/h5-8,20,24-25,28,37H,9-19,32H2,1-4H3,(H,33,39)(H,35,38)/t24-,25-,28+/m0/s1. The molecule has 3 rings (SSSR count). The van der Waals surface area contributed by atoms with E-state index >= 15 is 0 Å². The Morgan fingerprint density at radius 2 is 1.70 bits per heavy atom. The molecule has 12 nitrogen and oxygen atoms in total. The SMILES string of the molecule is Cc1ncsc1-c1ccc(CNC(=O)[C@@H]2C[C@H](O)CN2C(=O)[C@@H](NC(=O)CCOCCOCCOCCN)C(C)(C)C)cc1. The summed E-state index contributed by atoms with van der Waals surface area (Å²) < 4.78 is 16.1. The van der Waals surface area contributed by atoms with E-state index in [-0.39, 0.29) is 44.4 Å². The lowest BCUT2D eigenvalue weighted by atomic mass is 9.85. The van der Waals surface area contributed by atoms with Crippen LogP contribution in [0, 0.1) is 12.3 Å². The highest BCUT2D eigenvalue weighted by molar-refractivity contribution is 7.13. The van der Waals surface area contributed by atoms with Gasteiger partial charge in [-0.25, -0.2) is 4.98 Å². The summed E-state index contributed by atoms with van der Waals surface area (Å²) >= 11 is 1.58. The Morgan fingerprint density at radius 3 is 2.30 bits per heavy atom. The average Bonchev–Trinajstić information content (AvgIpc) is 3.60. The number of β-amino-alcohol motifs (C(OH)–C–C–N with tert-alkyl or cyclic N) is 1. The molecule has 3 amide bonds. The number of benzene rings is 1. The van der Waals surface area contributed by atoms with Crippen molar-refractivity contribution in [3.8, 4) is 10.4 Å². The van der Waals surface area contributed by atoms with Gasteiger partial charge in [-0.05, 0) is 23.5 Å². The molecule has 1 aliphatic heterocycles. The van der Waals surface area contributed by atoms with Gasteiger partial charge in [0.05, 0.1) is 61.8 Å². The van der Waals surface area contributed by atoms with Gasteiger partial charge >= 0.3 is 0 Å². The number of carbonyl (C=O) groups excluding carboxylic acids is 3. The molecule has 44 heavy (non-hydrogen) atoms. The molecule has 0 radical (unpaired) electrons. The van der Waals surface area contributed by atoms with Gasteiger partial charge in [0.1, 0.15) is 12.1 Å². The monoisotopic (exact) mass is 633 g/mol. The summed E-state index contributed by atoms with van der Waals surface area (Å²) in [5.74, 6) is -1.09. The lowest BCUT2D eigenvalue weighted by molar-refractivity contribution is -0.144. The van der Waals surface area contributed by atoms with Crippen LogP contribution < -0.4 is 16.4 Å². The number of aromatic nitrogens is 1. The number of nitrogens with two attached hydrogens (primary N) is 1. The summed E-state index contributed by atoms with van der Waals surface area (Å²) in [6, 6.07) is 6.14. The number of rotatable bonds is 17. The molecule has 0 bridgehead atoms. The first-order valence-corrected chi connectivity index (χ1v) is 15.9. The molecule has 244 valence electrons. The topological polar surface area (TPSA) is 165 Å². The van der Waals surface area contributed by atoms with Crippen LogP contribution >= 0.6 is 11.3 Å². The van der Waals surface area contributed by atoms with Crippen LogP contribution in [0.25, 0.3) is 10.4 Å². The lowest BCUT2D eigenvalue weighted by Crippen LogP contribution is -2.57. The van der Waals surface area contributed by atoms with Gasteiger partial charge in [0.25, 0.3) is 0 Å². The van der Waals surface area contributed by atoms with Crippen molar-refractivity contribution in [2.24, 2.45) is 11.1 Å². The normalized spacial score (nSPS) is 17.5. The molecule has 1 saturated heterocycles. The van der Waals surface area contributed by atoms with E-state index in [0.29, 0.717) is 39.6 Å². The Labute approximate surface area is 263 Å². The summed E-state index contributed by atoms with van der Waals surface area (Å²) in [5.41, 5.74) is 9.47. The highest BCUT2D eigenvalue weighted by atomic mass is 32.1. The quantitative estimate of drug-likeness (QED) is 0.190. The van der Waals surface area contributed by atoms with Gasteiger partial charge in [-0.15, -0.1) is 11.3 Å². The zero-order chi connectivity index (χ0) is 32.1. The highest BCUT2D eigenvalue weighted by Gasteiger charge is 2.44. The first-order valence-electron chi connectivity index (χ1n) is 15.0. The van der Waals surface area contributed by atoms with Crippen molar-refractivity contribution < 1.29 is 33.7 Å². The van der Waals surface area contributed by atoms with Crippen molar-refractivity contribution in [1.82, 2.24) is 20.5 Å². The second-order valence-corrected chi connectivity index (χ2v) is 12.7. The minimum atomic E-state index is -0.893. The summed E-state index contributed by atoms with van der Waals surface area (Å²) in [6.45, 7) is 10.5. The third kappa shape index (κ3) is 10.9. The van der Waals surface area contributed by atoms with Gasteiger partial charge in [0.15, 0.2) is 0 Å². The Kier molecular flexibility index (Phi) is 14.2. The highest BCUT2D eigenvalue weighted by Crippen LogP contribution is 2.28. The summed E-state index contributed by atoms with van der Waals surface area (Å²) in [7, 11) is 0. The summed E-state index contributed by atoms with van der Waals surface area (Å²) in [6.07, 6.45) is -0.648. The number of nitrogens with one attached hydrogen (secondary N) is 2. The second kappa shape index (κ2) is 17.5. The minimum absolute atomic E-state index is 0.0165. The van der Waals surface area contributed by atoms with Crippen molar-refractivity contribution in [2.75, 3.05) is 52.7 Å². The van der Waals surface area contributed by atoms with E-state index in [2.05, 4.69) is 15.6 Å². The van der Waals surface area contributed by atoms with Crippen LogP contribution in [0.1, 0.15) is 44.9 Å². The molecule has 0 aliphatic carbocycles. The van der Waals surface area contributed by atoms with Crippen LogP contribution in [-0.2, 0) is 35.1 Å². The van der Waals surface area contributed by atoms with Crippen molar-refractivity contribution in [1.29, 1.82) is 0 Å². The molecule has 5 N–H and O–H groups in total. The number of likely N-dealkylation sites (tertiary alicyclic amines) is 1. The number of hydrogen-bond donors (Lipinski definition) is 4. The first-order chi connectivity index (χ1) is 21.0. The van der Waals surface area contributed by atoms with Gasteiger partial charge in [0.2, 0.25) is 17.7 Å². The maximum absolute atomic E-state index is 13.7. The van der Waals surface area contributed by atoms with Crippen LogP contribution in [0.15, 0.2) is 29.8 Å². The molecular formula is C31H47N5O7S. The Hall–Kier alpha value is -2.94. The molecule has 1 aromatic carbocycles. The third-order valence-corrected chi connectivity index (χ3v) is 8.17. The van der Waals surface area contributed by atoms with E-state index in [0.717, 1.165) is 21.7 Å². The number of amides is 3. The van der Waals surface area contributed by atoms with Crippen molar-refractivity contribution in [3.63, 3.8) is 0 Å². The number of carbonyl (C=O) groups is 3. The van der Waals surface area contributed by atoms with Crippen molar-refractivity contribution >= 4 is 29.1 Å². The fourth-order valence-corrected chi connectivity index (χ4v) is 5.62. The van der Waals surface area contributed by atoms with E-state index in [9.17, 15) is 19.5 Å². The van der Waals surface area contributed by atoms with Gasteiger partial charge in [-0.3, -0.25) is 14.4 Å². The van der Waals surface area contributed by atoms with Gasteiger partial charge in [-0.1, -0.05) is 45.0 Å². The van der Waals surface area contributed by atoms with E-state index in [1.165, 1.54) is 4.90 Å². The molecule has 0 saturated carbocycles. The molecule has 2 aromatic rings. The molecule has 1 fully saturated rings. The summed E-state index contributed by atoms with van der Waals surface area (Å²) in [4.78, 5) is 46.5. The molecular weight excluding hydrogens is 586 g/mol. The van der Waals surface area contributed by atoms with Crippen LogP contribution in [0.2, 0.25) is 0 Å². The largest absolute Gasteiger partial charge is 0.391 e. The number of aliphatic hydroxyl groups is 1. The average molecular weight is 634 g/mol. The minimum Gasteiger partial charge on any atom is -0.391 e. The molecule has 1 aliphatic rings. The van der Waals surface area contributed by atoms with Gasteiger partial charge < -0.3 is 40.6 Å². The number of hydrogen-bond acceptors (Lipinski definition) is 10. The fraction of sp³-hybridized carbons (Fsp3) is 0.613. The van der Waals surface area contributed by atoms with E-state index in [1.54, 1.807) is 11.3 Å². The van der Waals surface area contributed by atoms with E-state index in [4.69, 9.17) is 19.9 Å². The maximum atomic E-state index is 13.7. The zero-order valence-electron chi connectivity index (χ0n) is 26.2. The molecule has 2 heterocycles. The Bertz CT molecular complexity index is 1200. The Morgan fingerprint density at radius 1 is 1.07 bits per heavy atom. The van der Waals surface area contributed by atoms with E-state index in [1.807, 2.05) is 57.5 Å². The van der Waals surface area contributed by atoms with Crippen LogP contribution in [0.3, 0.4) is 0 Å². The van der Waals surface area contributed by atoms with Crippen molar-refractivity contribution in [2.45, 2.75) is 65.3 Å². The molecule has 13 heteroatoms. The first kappa shape index (κ1) is 35.5. The number of aryl methyl sites for hydroxylation is 1. The smallest absolute Gasteiger partial charge is 0.246 e. The fourth-order valence-electron chi connectivity index (χ4n) is 4.80. The molecule has 1 aromatic heterocycles. The van der Waals surface area contributed by atoms with Crippen LogP contribution in [0.4, 0.5) is 0 Å². The summed E-state index contributed by atoms with van der Waals surface area (Å²) in [5, 5.41) is 16.2. The Balaban J connectivity index is 1.49. The second-order valence-electron chi connectivity index (χ2n) is 11.8. The number of nitrogens with zero attached hydrogens (tertiary/aromatic N) is 2. The zero-order valence-corrected chi connectivity index (χ0v) is 27.0. The third-order valence-electron chi connectivity index (χ3n) is 7.19.